The fraction of sp³-hybridized carbons (Fsp3) is 0.476. The highest BCUT2D eigenvalue weighted by molar-refractivity contribution is 7.89. The van der Waals surface area contributed by atoms with Gasteiger partial charge in [0.1, 0.15) is 10.6 Å². The zero-order valence-corrected chi connectivity index (χ0v) is 20.3. The van der Waals surface area contributed by atoms with E-state index in [0.717, 1.165) is 5.56 Å². The molecule has 0 aliphatic carbocycles. The lowest BCUT2D eigenvalue weighted by molar-refractivity contribution is 0.0692. The largest absolute Gasteiger partial charge is 0.379 e. The maximum absolute atomic E-state index is 13.1. The molecule has 2 aliphatic rings. The van der Waals surface area contributed by atoms with Crippen LogP contribution in [-0.4, -0.2) is 93.7 Å². The van der Waals surface area contributed by atoms with Gasteiger partial charge in [-0.2, -0.15) is 8.61 Å². The third-order valence-electron chi connectivity index (χ3n) is 5.98. The average molecular weight is 497 g/mol. The molecule has 10 nitrogen and oxygen atoms in total. The number of sulfonamides is 2. The fourth-order valence-corrected chi connectivity index (χ4v) is 7.14. The Kier molecular flexibility index (Phi) is 6.65. The number of ether oxygens (including phenoxy) is 1. The summed E-state index contributed by atoms with van der Waals surface area (Å²) in [5, 5.41) is 0. The van der Waals surface area contributed by atoms with Gasteiger partial charge in [-0.05, 0) is 37.1 Å². The second-order valence-corrected chi connectivity index (χ2v) is 12.1. The highest BCUT2D eigenvalue weighted by Gasteiger charge is 2.33. The van der Waals surface area contributed by atoms with E-state index in [-0.39, 0.29) is 60.7 Å². The number of benzene rings is 1. The minimum absolute atomic E-state index is 0.0314. The molecule has 2 aromatic rings. The van der Waals surface area contributed by atoms with Crippen molar-refractivity contribution in [1.29, 1.82) is 0 Å². The Hall–Kier alpha value is -2.25. The summed E-state index contributed by atoms with van der Waals surface area (Å²) < 4.78 is 59.7. The highest BCUT2D eigenvalue weighted by atomic mass is 32.2. The molecule has 33 heavy (non-hydrogen) atoms. The highest BCUT2D eigenvalue weighted by Crippen LogP contribution is 2.23. The van der Waals surface area contributed by atoms with E-state index in [1.165, 1.54) is 25.8 Å². The summed E-state index contributed by atoms with van der Waals surface area (Å²) in [5.41, 5.74) is 1.70. The van der Waals surface area contributed by atoms with Crippen molar-refractivity contribution in [2.24, 2.45) is 0 Å². The maximum atomic E-state index is 13.1. The van der Waals surface area contributed by atoms with Crippen molar-refractivity contribution < 1.29 is 26.4 Å². The molecule has 0 radical (unpaired) electrons. The number of hydrogen-bond acceptors (Lipinski definition) is 6. The van der Waals surface area contributed by atoms with Crippen LogP contribution in [0.2, 0.25) is 0 Å². The lowest BCUT2D eigenvalue weighted by Gasteiger charge is -2.34. The van der Waals surface area contributed by atoms with Gasteiger partial charge in [-0.25, -0.2) is 16.8 Å². The molecule has 1 amide bonds. The third-order valence-corrected chi connectivity index (χ3v) is 9.90. The molecule has 4 rings (SSSR count). The number of piperazine rings is 1. The van der Waals surface area contributed by atoms with Crippen molar-refractivity contribution in [2.75, 3.05) is 52.5 Å². The Balaban J connectivity index is 1.43. The first-order valence-electron chi connectivity index (χ1n) is 10.7. The van der Waals surface area contributed by atoms with E-state index >= 15 is 0 Å². The zero-order valence-electron chi connectivity index (χ0n) is 18.7. The standard InChI is InChI=1S/C21H28N4O6S2/c1-16-3-4-17(2)20(13-16)33(29,30)24-7-5-23(6-8-24)21(26)19-14-18(15-22-19)32(27,28)25-9-11-31-12-10-25/h3-4,13-15,22H,5-12H2,1-2H3. The van der Waals surface area contributed by atoms with E-state index in [1.54, 1.807) is 19.1 Å². The van der Waals surface area contributed by atoms with Crippen molar-refractivity contribution in [2.45, 2.75) is 23.6 Å². The Bertz CT molecular complexity index is 1240. The molecule has 180 valence electrons. The van der Waals surface area contributed by atoms with Crippen LogP contribution in [0.15, 0.2) is 40.3 Å². The van der Waals surface area contributed by atoms with Gasteiger partial charge >= 0.3 is 0 Å². The molecule has 0 saturated carbocycles. The van der Waals surface area contributed by atoms with E-state index in [9.17, 15) is 21.6 Å². The number of nitrogens with one attached hydrogen (secondary N) is 1. The summed E-state index contributed by atoms with van der Waals surface area (Å²) in [7, 11) is -7.37. The second kappa shape index (κ2) is 9.18. The number of carbonyl (C=O) groups is 1. The number of aromatic amines is 1. The molecule has 1 aromatic heterocycles. The van der Waals surface area contributed by atoms with Crippen LogP contribution in [0.1, 0.15) is 21.6 Å². The first-order chi connectivity index (χ1) is 15.6. The molecule has 2 saturated heterocycles. The molecule has 0 spiro atoms. The SMILES string of the molecule is Cc1ccc(C)c(S(=O)(=O)N2CCN(C(=O)c3cc(S(=O)(=O)N4CCOCC4)c[nH]3)CC2)c1. The average Bonchev–Trinajstić information content (AvgIpc) is 3.32. The third kappa shape index (κ3) is 4.71. The molecule has 1 aromatic carbocycles. The quantitative estimate of drug-likeness (QED) is 0.654. The number of rotatable bonds is 5. The molecule has 12 heteroatoms. The predicted molar refractivity (Wildman–Crippen MR) is 121 cm³/mol. The number of nitrogens with zero attached hydrogens (tertiary/aromatic N) is 3. The summed E-state index contributed by atoms with van der Waals surface area (Å²) in [6, 6.07) is 6.66. The number of morpholine rings is 1. The Morgan fingerprint density at radius 2 is 1.52 bits per heavy atom. The summed E-state index contributed by atoms with van der Waals surface area (Å²) >= 11 is 0. The first-order valence-corrected chi connectivity index (χ1v) is 13.6. The number of amides is 1. The van der Waals surface area contributed by atoms with Gasteiger partial charge in [0.25, 0.3) is 5.91 Å². The van der Waals surface area contributed by atoms with Crippen LogP contribution in [0, 0.1) is 13.8 Å². The molecular weight excluding hydrogens is 468 g/mol. The fourth-order valence-electron chi connectivity index (χ4n) is 4.01. The summed E-state index contributed by atoms with van der Waals surface area (Å²) in [4.78, 5) is 17.6. The monoisotopic (exact) mass is 496 g/mol. The zero-order chi connectivity index (χ0) is 23.8. The lowest BCUT2D eigenvalue weighted by Crippen LogP contribution is -2.50. The molecule has 2 fully saturated rings. The van der Waals surface area contributed by atoms with Crippen LogP contribution in [0.25, 0.3) is 0 Å². The van der Waals surface area contributed by atoms with Crippen molar-refractivity contribution >= 4 is 26.0 Å². The van der Waals surface area contributed by atoms with Gasteiger partial charge in [-0.15, -0.1) is 0 Å². The molecule has 2 aliphatic heterocycles. The van der Waals surface area contributed by atoms with E-state index in [4.69, 9.17) is 4.74 Å². The first kappa shape index (κ1) is 23.9. The lowest BCUT2D eigenvalue weighted by atomic mass is 10.2. The van der Waals surface area contributed by atoms with Crippen LogP contribution in [0.5, 0.6) is 0 Å². The van der Waals surface area contributed by atoms with Crippen molar-refractivity contribution in [3.05, 3.63) is 47.3 Å². The van der Waals surface area contributed by atoms with E-state index in [2.05, 4.69) is 4.98 Å². The van der Waals surface area contributed by atoms with Gasteiger partial charge in [0.05, 0.1) is 18.1 Å². The van der Waals surface area contributed by atoms with E-state index < -0.39 is 20.0 Å². The van der Waals surface area contributed by atoms with Crippen LogP contribution < -0.4 is 0 Å². The Labute approximate surface area is 194 Å². The molecule has 0 bridgehead atoms. The van der Waals surface area contributed by atoms with Crippen molar-refractivity contribution in [1.82, 2.24) is 18.5 Å². The van der Waals surface area contributed by atoms with Crippen molar-refractivity contribution in [3.8, 4) is 0 Å². The minimum Gasteiger partial charge on any atom is -0.379 e. The molecule has 1 N–H and O–H groups in total. The molecule has 0 atom stereocenters. The minimum atomic E-state index is -3.71. The van der Waals surface area contributed by atoms with Crippen LogP contribution in [0.3, 0.4) is 0 Å². The van der Waals surface area contributed by atoms with Gasteiger partial charge in [0, 0.05) is 45.5 Å². The molecule has 3 heterocycles. The van der Waals surface area contributed by atoms with Crippen LogP contribution >= 0.6 is 0 Å². The smallest absolute Gasteiger partial charge is 0.270 e. The van der Waals surface area contributed by atoms with E-state index in [1.807, 2.05) is 13.0 Å². The number of H-pyrrole nitrogens is 1. The Morgan fingerprint density at radius 1 is 0.879 bits per heavy atom. The molecular formula is C21H28N4O6S2. The summed E-state index contributed by atoms with van der Waals surface area (Å²) in [5.74, 6) is -0.359. The predicted octanol–water partition coefficient (Wildman–Crippen LogP) is 0.799. The van der Waals surface area contributed by atoms with Gasteiger partial charge in [0.15, 0.2) is 0 Å². The van der Waals surface area contributed by atoms with Crippen LogP contribution in [-0.2, 0) is 24.8 Å². The maximum Gasteiger partial charge on any atom is 0.270 e. The number of aromatic nitrogens is 1. The topological polar surface area (TPSA) is 120 Å². The Morgan fingerprint density at radius 3 is 2.18 bits per heavy atom. The van der Waals surface area contributed by atoms with Gasteiger partial charge < -0.3 is 14.6 Å². The summed E-state index contributed by atoms with van der Waals surface area (Å²) in [6.07, 6.45) is 1.32. The normalized spacial score (nSPS) is 19.0. The van der Waals surface area contributed by atoms with Gasteiger partial charge in [-0.1, -0.05) is 12.1 Å². The van der Waals surface area contributed by atoms with Crippen molar-refractivity contribution in [3.63, 3.8) is 0 Å². The summed E-state index contributed by atoms with van der Waals surface area (Å²) in [6.45, 7) is 5.60. The van der Waals surface area contributed by atoms with Crippen LogP contribution in [0.4, 0.5) is 0 Å². The number of carbonyl (C=O) groups excluding carboxylic acids is 1. The number of hydrogen-bond donors (Lipinski definition) is 1. The van der Waals surface area contributed by atoms with Gasteiger partial charge in [0.2, 0.25) is 20.0 Å². The second-order valence-electron chi connectivity index (χ2n) is 8.23. The van der Waals surface area contributed by atoms with Gasteiger partial charge in [-0.3, -0.25) is 4.79 Å². The molecule has 0 unspecified atom stereocenters. The van der Waals surface area contributed by atoms with E-state index in [0.29, 0.717) is 18.8 Å². The number of aryl methyl sites for hydroxylation is 2.